The molecular weight excluding hydrogens is 1590 g/mol. The van der Waals surface area contributed by atoms with E-state index in [0.29, 0.717) is 11.8 Å². The van der Waals surface area contributed by atoms with E-state index in [-0.39, 0.29) is 0 Å². The zero-order valence-corrected chi connectivity index (χ0v) is 87.9. The number of aryl methyl sites for hydroxylation is 8. The molecule has 16 aliphatic carbocycles. The Labute approximate surface area is 810 Å². The summed E-state index contributed by atoms with van der Waals surface area (Å²) in [5, 5.41) is 0. The second kappa shape index (κ2) is 51.0. The Morgan fingerprint density at radius 3 is 1.28 bits per heavy atom. The molecule has 132 heavy (non-hydrogen) atoms. The van der Waals surface area contributed by atoms with Crippen molar-refractivity contribution in [2.45, 2.75) is 371 Å². The van der Waals surface area contributed by atoms with Gasteiger partial charge in [0.25, 0.3) is 0 Å². The third kappa shape index (κ3) is 32.9. The lowest BCUT2D eigenvalue weighted by Gasteiger charge is -2.37. The third-order valence-electron chi connectivity index (χ3n) is 33.2. The maximum atomic E-state index is 2.56. The fourth-order valence-corrected chi connectivity index (χ4v) is 25.0. The van der Waals surface area contributed by atoms with Gasteiger partial charge in [0.15, 0.2) is 0 Å². The van der Waals surface area contributed by atoms with Gasteiger partial charge in [0, 0.05) is 0 Å². The van der Waals surface area contributed by atoms with Crippen molar-refractivity contribution < 1.29 is 0 Å². The van der Waals surface area contributed by atoms with Crippen LogP contribution in [0.2, 0.25) is 0 Å². The van der Waals surface area contributed by atoms with Gasteiger partial charge in [-0.2, -0.15) is 0 Å². The fourth-order valence-electron chi connectivity index (χ4n) is 25.0. The summed E-state index contributed by atoms with van der Waals surface area (Å²) < 4.78 is 0. The topological polar surface area (TPSA) is 0 Å². The number of allylic oxidation sites excluding steroid dienone is 18. The predicted molar refractivity (Wildman–Crippen MR) is 582 cm³/mol. The van der Waals surface area contributed by atoms with Crippen molar-refractivity contribution in [2.75, 3.05) is 0 Å². The first kappa shape index (κ1) is 103. The van der Waals surface area contributed by atoms with Crippen LogP contribution in [0.25, 0.3) is 24.3 Å². The van der Waals surface area contributed by atoms with Crippen molar-refractivity contribution in [1.82, 2.24) is 0 Å². The first-order valence-corrected chi connectivity index (χ1v) is 54.3. The molecule has 18 unspecified atom stereocenters. The second-order valence-corrected chi connectivity index (χ2v) is 46.9. The fraction of sp³-hybridized carbons (Fsp3) is 0.561. The highest BCUT2D eigenvalue weighted by atomic mass is 14.4. The molecular formula is C132H184. The van der Waals surface area contributed by atoms with Crippen LogP contribution in [0.1, 0.15) is 378 Å². The van der Waals surface area contributed by atoms with Crippen molar-refractivity contribution in [2.24, 2.45) is 107 Å². The van der Waals surface area contributed by atoms with Crippen LogP contribution in [0.15, 0.2) is 215 Å². The summed E-state index contributed by atoms with van der Waals surface area (Å²) in [4.78, 5) is 0. The smallest absolute Gasteiger partial charge is 0.00669 e. The van der Waals surface area contributed by atoms with Gasteiger partial charge < -0.3 is 0 Å². The van der Waals surface area contributed by atoms with E-state index in [1.165, 1.54) is 315 Å². The van der Waals surface area contributed by atoms with Crippen molar-refractivity contribution in [3.8, 4) is 0 Å². The Balaban J connectivity index is 0.000000131. The molecule has 6 aromatic carbocycles. The van der Waals surface area contributed by atoms with E-state index in [1.807, 2.05) is 0 Å². The highest BCUT2D eigenvalue weighted by molar-refractivity contribution is 5.62. The molecule has 6 aromatic rings. The minimum absolute atomic E-state index is 0.709. The summed E-state index contributed by atoms with van der Waals surface area (Å²) >= 11 is 0. The first-order chi connectivity index (χ1) is 63.3. The van der Waals surface area contributed by atoms with E-state index in [9.17, 15) is 0 Å². The average molecular weight is 1770 g/mol. The number of hydrogen-bond acceptors (Lipinski definition) is 0. The molecule has 0 amide bonds. The number of fused-ring (bicyclic) bond motifs is 11. The molecule has 0 radical (unpaired) electrons. The Hall–Kier alpha value is -7.54. The lowest BCUT2D eigenvalue weighted by atomic mass is 9.68. The maximum Gasteiger partial charge on any atom is -0.00669 e. The molecule has 5 fully saturated rings. The van der Waals surface area contributed by atoms with Crippen molar-refractivity contribution in [3.05, 3.63) is 315 Å². The van der Waals surface area contributed by atoms with Crippen molar-refractivity contribution in [1.29, 1.82) is 0 Å². The van der Waals surface area contributed by atoms with Crippen LogP contribution >= 0.6 is 0 Å². The molecule has 0 N–H and O–H groups in total. The standard InChI is InChI=1S/5C12H20.6C12H14/c11*1-9-3-5-12-8-10(2)4-6-11(12)7-9/h7,10-12H,3-6,8H2,1-2H3;7,9-10,12H,3-6,8H2,1-2H3;5,9-11H,3-4,6-8H2,1-2H3;3,10-12H,4-8H2,1-2H3;3,5,9-12H,4,6-8H2,1-2H3;2*3,5,7-8H,4,6H2,1-2H3;2*3-5,7H,6,8H2,1-2H3;2*3-7,10H,8H2,1-2H3. The van der Waals surface area contributed by atoms with Gasteiger partial charge in [-0.05, 0) is 455 Å². The number of hydrogen-bond donors (Lipinski definition) is 0. The van der Waals surface area contributed by atoms with Crippen LogP contribution in [0.4, 0.5) is 0 Å². The molecule has 16 aliphatic rings. The average Bonchev–Trinajstić information content (AvgIpc) is 0.913. The Morgan fingerprint density at radius 1 is 0.235 bits per heavy atom. The predicted octanol–water partition coefficient (Wildman–Crippen LogP) is 37.9. The third-order valence-corrected chi connectivity index (χ3v) is 33.2. The summed E-state index contributed by atoms with van der Waals surface area (Å²) in [5.41, 5.74) is 38.9. The lowest BCUT2D eigenvalue weighted by Crippen LogP contribution is -2.26. The van der Waals surface area contributed by atoms with Gasteiger partial charge >= 0.3 is 0 Å². The molecule has 0 heteroatoms. The van der Waals surface area contributed by atoms with E-state index >= 15 is 0 Å². The van der Waals surface area contributed by atoms with Crippen LogP contribution < -0.4 is 0 Å². The van der Waals surface area contributed by atoms with Crippen LogP contribution in [-0.4, -0.2) is 0 Å². The molecule has 0 nitrogen and oxygen atoms in total. The van der Waals surface area contributed by atoms with E-state index in [1.54, 1.807) is 22.3 Å². The molecule has 18 atom stereocenters. The van der Waals surface area contributed by atoms with Gasteiger partial charge in [0.2, 0.25) is 0 Å². The quantitative estimate of drug-likeness (QED) is 0.133. The molecule has 22 rings (SSSR count). The van der Waals surface area contributed by atoms with Crippen molar-refractivity contribution >= 4 is 24.3 Å². The van der Waals surface area contributed by atoms with Gasteiger partial charge in [-0.15, -0.1) is 0 Å². The zero-order valence-electron chi connectivity index (χ0n) is 87.9. The SMILES string of the molecule is CC1=CC2CCC(C)CC2CC1.CC1=CCC2CC(C)CCC2C1.CC1=CCc2cc(C)ccc2C1.CC1=CCc2cc(C)ccc2C1.CC1=Cc2ccc(C)cc2CC1.CC1=Cc2ccc(C)cc2CC1.CC1C=C2CCC(C)CC2CC1.CC1C=CC2CC(C)CCC2C1.CC1CCC2CC(C)CC=C2C1.Cc1ccc2c(c1)C=CC(C)C2.Cc1ccc2c(c1)C=CC(C)C2. The molecule has 0 aromatic heterocycles. The van der Waals surface area contributed by atoms with Crippen molar-refractivity contribution in [3.63, 3.8) is 0 Å². The molecule has 0 heterocycles. The Morgan fingerprint density at radius 2 is 0.705 bits per heavy atom. The van der Waals surface area contributed by atoms with Crippen LogP contribution in [0, 0.1) is 148 Å². The van der Waals surface area contributed by atoms with Gasteiger partial charge in [0.05, 0.1) is 0 Å². The lowest BCUT2D eigenvalue weighted by molar-refractivity contribution is 0.180. The molecule has 5 saturated carbocycles. The minimum atomic E-state index is 0.709. The summed E-state index contributed by atoms with van der Waals surface area (Å²) in [6, 6.07) is 40.4. The molecule has 0 saturated heterocycles. The summed E-state index contributed by atoms with van der Waals surface area (Å²) in [5.74, 6) is 17.0. The minimum Gasteiger partial charge on any atom is -0.0854 e. The van der Waals surface area contributed by atoms with Crippen LogP contribution in [0.5, 0.6) is 0 Å². The largest absolute Gasteiger partial charge is 0.0854 e. The normalized spacial score (nSPS) is 28.8. The first-order valence-electron chi connectivity index (χ1n) is 54.3. The van der Waals surface area contributed by atoms with E-state index in [4.69, 9.17) is 0 Å². The second-order valence-electron chi connectivity index (χ2n) is 46.9. The number of benzene rings is 6. The summed E-state index contributed by atoms with van der Waals surface area (Å²) in [6.45, 7) is 50.1. The van der Waals surface area contributed by atoms with Gasteiger partial charge in [-0.1, -0.05) is 361 Å². The monoisotopic (exact) mass is 1770 g/mol. The van der Waals surface area contributed by atoms with Crippen LogP contribution in [0.3, 0.4) is 0 Å². The Kier molecular flexibility index (Phi) is 40.0. The summed E-state index contributed by atoms with van der Waals surface area (Å²) in [6.07, 6.45) is 80.0. The highest BCUT2D eigenvalue weighted by Crippen LogP contribution is 2.47. The van der Waals surface area contributed by atoms with E-state index < -0.39 is 0 Å². The molecule has 0 aliphatic heterocycles. The molecule has 0 bridgehead atoms. The molecule has 0 spiro atoms. The highest BCUT2D eigenvalue weighted by Gasteiger charge is 2.34. The summed E-state index contributed by atoms with van der Waals surface area (Å²) in [7, 11) is 0. The van der Waals surface area contributed by atoms with E-state index in [2.05, 4.69) is 347 Å². The molecule has 712 valence electrons. The Bertz CT molecular complexity index is 4850. The van der Waals surface area contributed by atoms with Crippen LogP contribution in [-0.2, 0) is 51.4 Å². The van der Waals surface area contributed by atoms with Gasteiger partial charge in [-0.25, -0.2) is 0 Å². The maximum absolute atomic E-state index is 2.56. The van der Waals surface area contributed by atoms with E-state index in [0.717, 1.165) is 120 Å². The number of rotatable bonds is 0. The van der Waals surface area contributed by atoms with Gasteiger partial charge in [0.1, 0.15) is 0 Å². The zero-order chi connectivity index (χ0) is 94.1. The van der Waals surface area contributed by atoms with Gasteiger partial charge in [-0.3, -0.25) is 0 Å².